The van der Waals surface area contributed by atoms with Gasteiger partial charge in [-0.3, -0.25) is 9.89 Å². The van der Waals surface area contributed by atoms with Gasteiger partial charge < -0.3 is 19.6 Å². The van der Waals surface area contributed by atoms with Gasteiger partial charge in [0.2, 0.25) is 0 Å². The van der Waals surface area contributed by atoms with Gasteiger partial charge in [-0.25, -0.2) is 9.78 Å². The standard InChI is InChI=1S/C16H14N4O5/c1-24-11-4-2-9(3-5-11)14-18-13(19-20-14)7-17-15(21)12-6-10(8-25-12)16(22)23/h2-6,8H,7H2,1H3,(H,17,21)(H,22,23)(H,18,19,20). The Morgan fingerprint density at radius 1 is 1.32 bits per heavy atom. The number of ether oxygens (including phenoxy) is 1. The number of carboxylic acid groups (broad SMARTS) is 1. The summed E-state index contributed by atoms with van der Waals surface area (Å²) in [7, 11) is 1.58. The molecule has 0 atom stereocenters. The van der Waals surface area contributed by atoms with Crippen molar-refractivity contribution in [2.45, 2.75) is 6.54 Å². The largest absolute Gasteiger partial charge is 0.497 e. The zero-order chi connectivity index (χ0) is 17.8. The second-order valence-electron chi connectivity index (χ2n) is 5.02. The van der Waals surface area contributed by atoms with Crippen LogP contribution >= 0.6 is 0 Å². The molecule has 0 aliphatic carbocycles. The van der Waals surface area contributed by atoms with Gasteiger partial charge in [0.15, 0.2) is 11.6 Å². The number of carbonyl (C=O) groups is 2. The van der Waals surface area contributed by atoms with Crippen LogP contribution in [0.2, 0.25) is 0 Å². The van der Waals surface area contributed by atoms with Crippen molar-refractivity contribution in [1.29, 1.82) is 0 Å². The number of carboxylic acids is 1. The van der Waals surface area contributed by atoms with Crippen molar-refractivity contribution in [3.8, 4) is 17.1 Å². The molecule has 0 saturated carbocycles. The molecule has 3 N–H and O–H groups in total. The Morgan fingerprint density at radius 3 is 2.72 bits per heavy atom. The number of rotatable bonds is 6. The number of hydrogen-bond acceptors (Lipinski definition) is 6. The number of carbonyl (C=O) groups excluding carboxylic acids is 1. The van der Waals surface area contributed by atoms with E-state index in [9.17, 15) is 9.59 Å². The maximum absolute atomic E-state index is 11.9. The van der Waals surface area contributed by atoms with Crippen LogP contribution in [-0.4, -0.2) is 39.3 Å². The molecule has 0 spiro atoms. The van der Waals surface area contributed by atoms with E-state index >= 15 is 0 Å². The lowest BCUT2D eigenvalue weighted by Crippen LogP contribution is -2.23. The van der Waals surface area contributed by atoms with Gasteiger partial charge >= 0.3 is 5.97 Å². The molecule has 9 nitrogen and oxygen atoms in total. The molecule has 128 valence electrons. The number of methoxy groups -OCH3 is 1. The SMILES string of the molecule is COc1ccc(-c2n[nH]c(CNC(=O)c3cc(C(=O)O)co3)n2)cc1. The van der Waals surface area contributed by atoms with Crippen molar-refractivity contribution in [2.24, 2.45) is 0 Å². The minimum absolute atomic E-state index is 0.0884. The third-order valence-corrected chi connectivity index (χ3v) is 3.37. The van der Waals surface area contributed by atoms with E-state index < -0.39 is 11.9 Å². The summed E-state index contributed by atoms with van der Waals surface area (Å²) in [6.07, 6.45) is 1.01. The van der Waals surface area contributed by atoms with Crippen LogP contribution in [0.4, 0.5) is 0 Å². The first-order valence-electron chi connectivity index (χ1n) is 7.22. The van der Waals surface area contributed by atoms with Crippen LogP contribution in [0.3, 0.4) is 0 Å². The van der Waals surface area contributed by atoms with Gasteiger partial charge in [-0.15, -0.1) is 0 Å². The summed E-state index contributed by atoms with van der Waals surface area (Å²) in [6, 6.07) is 8.39. The number of aromatic carboxylic acids is 1. The topological polar surface area (TPSA) is 130 Å². The summed E-state index contributed by atoms with van der Waals surface area (Å²) in [5, 5.41) is 18.2. The number of furan rings is 1. The molecule has 2 heterocycles. The van der Waals surface area contributed by atoms with Gasteiger partial charge in [0.05, 0.1) is 19.2 Å². The van der Waals surface area contributed by atoms with Crippen LogP contribution in [0.5, 0.6) is 5.75 Å². The van der Waals surface area contributed by atoms with Gasteiger partial charge in [0, 0.05) is 11.6 Å². The molecule has 2 aromatic heterocycles. The average molecular weight is 342 g/mol. The number of nitrogens with one attached hydrogen (secondary N) is 2. The number of hydrogen-bond donors (Lipinski definition) is 3. The minimum Gasteiger partial charge on any atom is -0.497 e. The molecular weight excluding hydrogens is 328 g/mol. The second-order valence-corrected chi connectivity index (χ2v) is 5.02. The van der Waals surface area contributed by atoms with E-state index in [1.807, 2.05) is 12.1 Å². The molecule has 1 aromatic carbocycles. The highest BCUT2D eigenvalue weighted by molar-refractivity contribution is 5.95. The fourth-order valence-corrected chi connectivity index (χ4v) is 2.06. The van der Waals surface area contributed by atoms with Gasteiger partial charge in [-0.05, 0) is 24.3 Å². The van der Waals surface area contributed by atoms with E-state index in [0.717, 1.165) is 23.6 Å². The van der Waals surface area contributed by atoms with Crippen LogP contribution in [-0.2, 0) is 6.54 Å². The summed E-state index contributed by atoms with van der Waals surface area (Å²) in [6.45, 7) is 0.0884. The maximum atomic E-state index is 11.9. The summed E-state index contributed by atoms with van der Waals surface area (Å²) in [4.78, 5) is 27.0. The lowest BCUT2D eigenvalue weighted by molar-refractivity contribution is 0.0696. The van der Waals surface area contributed by atoms with Crippen molar-refractivity contribution in [2.75, 3.05) is 7.11 Å². The van der Waals surface area contributed by atoms with Gasteiger partial charge in [-0.2, -0.15) is 5.10 Å². The van der Waals surface area contributed by atoms with E-state index in [-0.39, 0.29) is 17.9 Å². The normalized spacial score (nSPS) is 10.4. The second kappa shape index (κ2) is 6.87. The highest BCUT2D eigenvalue weighted by atomic mass is 16.5. The molecule has 3 rings (SSSR count). The number of amides is 1. The van der Waals surface area contributed by atoms with Crippen molar-refractivity contribution in [3.05, 3.63) is 53.7 Å². The van der Waals surface area contributed by atoms with E-state index in [2.05, 4.69) is 20.5 Å². The van der Waals surface area contributed by atoms with E-state index in [1.165, 1.54) is 0 Å². The molecule has 1 amide bonds. The van der Waals surface area contributed by atoms with E-state index in [4.69, 9.17) is 14.3 Å². The molecule has 0 aliphatic heterocycles. The summed E-state index contributed by atoms with van der Waals surface area (Å²) in [5.74, 6) is -0.141. The Balaban J connectivity index is 1.62. The molecule has 0 saturated heterocycles. The van der Waals surface area contributed by atoms with Crippen LogP contribution in [0, 0.1) is 0 Å². The first-order chi connectivity index (χ1) is 12.1. The summed E-state index contributed by atoms with van der Waals surface area (Å²) < 4.78 is 10.0. The fourth-order valence-electron chi connectivity index (χ4n) is 2.06. The maximum Gasteiger partial charge on any atom is 0.338 e. The van der Waals surface area contributed by atoms with Crippen LogP contribution in [0.1, 0.15) is 26.7 Å². The molecule has 0 bridgehead atoms. The third kappa shape index (κ3) is 3.66. The van der Waals surface area contributed by atoms with Crippen molar-refractivity contribution < 1.29 is 23.8 Å². The van der Waals surface area contributed by atoms with E-state index in [1.54, 1.807) is 19.2 Å². The lowest BCUT2D eigenvalue weighted by Gasteiger charge is -2.00. The third-order valence-electron chi connectivity index (χ3n) is 3.37. The van der Waals surface area contributed by atoms with Crippen LogP contribution in [0.25, 0.3) is 11.4 Å². The van der Waals surface area contributed by atoms with Gasteiger partial charge in [0.1, 0.15) is 17.8 Å². The van der Waals surface area contributed by atoms with Crippen molar-refractivity contribution >= 4 is 11.9 Å². The predicted molar refractivity (Wildman–Crippen MR) is 85.2 cm³/mol. The monoisotopic (exact) mass is 342 g/mol. The smallest absolute Gasteiger partial charge is 0.338 e. The van der Waals surface area contributed by atoms with Gasteiger partial charge in [0.25, 0.3) is 5.91 Å². The Morgan fingerprint density at radius 2 is 2.08 bits per heavy atom. The zero-order valence-electron chi connectivity index (χ0n) is 13.1. The molecular formula is C16H14N4O5. The summed E-state index contributed by atoms with van der Waals surface area (Å²) >= 11 is 0. The number of benzene rings is 1. The molecule has 3 aromatic rings. The first kappa shape index (κ1) is 16.2. The Hall–Kier alpha value is -3.62. The number of H-pyrrole nitrogens is 1. The predicted octanol–water partition coefficient (Wildman–Crippen LogP) is 1.70. The van der Waals surface area contributed by atoms with Crippen LogP contribution < -0.4 is 10.1 Å². The average Bonchev–Trinajstić information content (AvgIpc) is 3.29. The highest BCUT2D eigenvalue weighted by Gasteiger charge is 2.15. The Kier molecular flexibility index (Phi) is 4.46. The molecule has 0 unspecified atom stereocenters. The van der Waals surface area contributed by atoms with Crippen LogP contribution in [0.15, 0.2) is 41.0 Å². The molecule has 0 fully saturated rings. The molecule has 0 aliphatic rings. The van der Waals surface area contributed by atoms with E-state index in [0.29, 0.717) is 11.6 Å². The number of nitrogens with zero attached hydrogens (tertiary/aromatic N) is 2. The van der Waals surface area contributed by atoms with Crippen molar-refractivity contribution in [1.82, 2.24) is 20.5 Å². The number of aromatic nitrogens is 3. The molecule has 0 radical (unpaired) electrons. The highest BCUT2D eigenvalue weighted by Crippen LogP contribution is 2.18. The first-order valence-corrected chi connectivity index (χ1v) is 7.22. The van der Waals surface area contributed by atoms with Gasteiger partial charge in [-0.1, -0.05) is 0 Å². The molecule has 25 heavy (non-hydrogen) atoms. The Labute approximate surface area is 141 Å². The zero-order valence-corrected chi connectivity index (χ0v) is 13.1. The quantitative estimate of drug-likeness (QED) is 0.621. The van der Waals surface area contributed by atoms with Crippen molar-refractivity contribution in [3.63, 3.8) is 0 Å². The summed E-state index contributed by atoms with van der Waals surface area (Å²) in [5.41, 5.74) is 0.707. The number of aromatic amines is 1. The Bertz CT molecular complexity index is 897. The molecule has 9 heteroatoms. The lowest BCUT2D eigenvalue weighted by atomic mass is 10.2. The minimum atomic E-state index is -1.16. The fraction of sp³-hybridized carbons (Fsp3) is 0.125.